The number of rotatable bonds is 4. The topological polar surface area (TPSA) is 27.1 Å². The number of allylic oxidation sites excluding steroid dienone is 1. The molecule has 0 aliphatic heterocycles. The van der Waals surface area contributed by atoms with E-state index in [1.807, 2.05) is 16.8 Å². The number of hydrogen-bond acceptors (Lipinski definition) is 2. The van der Waals surface area contributed by atoms with Gasteiger partial charge in [-0.2, -0.15) is 5.10 Å². The molecule has 134 valence electrons. The molecule has 4 rings (SSSR count). The van der Waals surface area contributed by atoms with E-state index in [1.165, 1.54) is 5.56 Å². The van der Waals surface area contributed by atoms with Crippen LogP contribution in [-0.2, 0) is 13.0 Å². The first-order chi connectivity index (χ1) is 12.5. The highest BCUT2D eigenvalue weighted by molar-refractivity contribution is 6.49. The lowest BCUT2D eigenvalue weighted by Gasteiger charge is -2.15. The Morgan fingerprint density at radius 1 is 1.15 bits per heavy atom. The molecule has 5 heteroatoms. The van der Waals surface area contributed by atoms with Crippen molar-refractivity contribution in [3.05, 3.63) is 64.3 Å². The van der Waals surface area contributed by atoms with Crippen LogP contribution >= 0.6 is 23.2 Å². The van der Waals surface area contributed by atoms with Crippen LogP contribution in [0.4, 0.5) is 0 Å². The lowest BCUT2D eigenvalue weighted by atomic mass is 9.97. The molecule has 26 heavy (non-hydrogen) atoms. The monoisotopic (exact) mass is 386 g/mol. The summed E-state index contributed by atoms with van der Waals surface area (Å²) in [6.07, 6.45) is 4.05. The van der Waals surface area contributed by atoms with Gasteiger partial charge in [0.1, 0.15) is 12.4 Å². The fourth-order valence-electron chi connectivity index (χ4n) is 3.36. The van der Waals surface area contributed by atoms with Crippen molar-refractivity contribution in [2.24, 2.45) is 0 Å². The van der Waals surface area contributed by atoms with E-state index in [9.17, 15) is 0 Å². The molecular formula is C21H20Cl2N2O. The Morgan fingerprint density at radius 2 is 2.00 bits per heavy atom. The molecule has 0 spiro atoms. The average molecular weight is 387 g/mol. The maximum atomic E-state index is 6.31. The van der Waals surface area contributed by atoms with Gasteiger partial charge in [0.25, 0.3) is 0 Å². The highest BCUT2D eigenvalue weighted by Crippen LogP contribution is 2.32. The first-order valence-electron chi connectivity index (χ1n) is 8.81. The molecular weight excluding hydrogens is 367 g/mol. The minimum absolute atomic E-state index is 0.267. The van der Waals surface area contributed by atoms with Crippen molar-refractivity contribution in [2.75, 3.05) is 0 Å². The van der Waals surface area contributed by atoms with Gasteiger partial charge in [-0.15, -0.1) is 0 Å². The molecule has 0 N–H and O–H groups in total. The van der Waals surface area contributed by atoms with Gasteiger partial charge in [-0.1, -0.05) is 35.3 Å². The summed E-state index contributed by atoms with van der Waals surface area (Å²) in [7, 11) is 0. The van der Waals surface area contributed by atoms with E-state index in [2.05, 4.69) is 49.3 Å². The number of fused-ring (bicyclic) bond motifs is 2. The van der Waals surface area contributed by atoms with Gasteiger partial charge in [0, 0.05) is 16.5 Å². The second kappa shape index (κ2) is 6.98. The summed E-state index contributed by atoms with van der Waals surface area (Å²) in [4.78, 5) is 0. The van der Waals surface area contributed by atoms with E-state index in [-0.39, 0.29) is 6.04 Å². The predicted molar refractivity (Wildman–Crippen MR) is 108 cm³/mol. The van der Waals surface area contributed by atoms with Crippen molar-refractivity contribution >= 4 is 39.1 Å². The Hall–Kier alpha value is -1.97. The third-order valence-electron chi connectivity index (χ3n) is 4.69. The van der Waals surface area contributed by atoms with Gasteiger partial charge in [-0.3, -0.25) is 4.68 Å². The third kappa shape index (κ3) is 3.22. The van der Waals surface area contributed by atoms with Crippen molar-refractivity contribution in [1.82, 2.24) is 9.78 Å². The Kier molecular flexibility index (Phi) is 4.68. The van der Waals surface area contributed by atoms with Crippen LogP contribution in [0, 0.1) is 0 Å². The van der Waals surface area contributed by atoms with Crippen molar-refractivity contribution in [2.45, 2.75) is 39.3 Å². The Balaban J connectivity index is 1.55. The maximum Gasteiger partial charge on any atom is 0.158 e. The molecule has 3 aromatic rings. The van der Waals surface area contributed by atoms with Crippen LogP contribution in [0.1, 0.15) is 43.0 Å². The molecule has 1 heterocycles. The molecule has 0 saturated carbocycles. The molecule has 0 unspecified atom stereocenters. The number of hydrogen-bond donors (Lipinski definition) is 0. The van der Waals surface area contributed by atoms with Crippen LogP contribution in [0.5, 0.6) is 5.75 Å². The van der Waals surface area contributed by atoms with Crippen molar-refractivity contribution in [3.8, 4) is 5.75 Å². The number of halogens is 2. The molecule has 1 aliphatic rings. The zero-order chi connectivity index (χ0) is 18.3. The summed E-state index contributed by atoms with van der Waals surface area (Å²) in [6.45, 7) is 4.68. The number of ether oxygens (including phenoxy) is 1. The van der Waals surface area contributed by atoms with Gasteiger partial charge in [-0.05, 0) is 73.7 Å². The minimum atomic E-state index is 0.267. The molecule has 3 nitrogen and oxygen atoms in total. The van der Waals surface area contributed by atoms with Gasteiger partial charge < -0.3 is 4.74 Å². The van der Waals surface area contributed by atoms with Crippen LogP contribution in [0.2, 0.25) is 5.15 Å². The van der Waals surface area contributed by atoms with Crippen LogP contribution in [0.3, 0.4) is 0 Å². The van der Waals surface area contributed by atoms with Gasteiger partial charge in [0.05, 0.1) is 5.52 Å². The Labute approximate surface area is 163 Å². The van der Waals surface area contributed by atoms with E-state index in [1.54, 1.807) is 0 Å². The van der Waals surface area contributed by atoms with Gasteiger partial charge in [0.15, 0.2) is 5.15 Å². The zero-order valence-corrected chi connectivity index (χ0v) is 16.3. The zero-order valence-electron chi connectivity index (χ0n) is 14.8. The predicted octanol–water partition coefficient (Wildman–Crippen LogP) is 6.38. The van der Waals surface area contributed by atoms with Crippen molar-refractivity contribution < 1.29 is 4.74 Å². The number of nitrogens with zero attached hydrogens (tertiary/aromatic N) is 2. The Morgan fingerprint density at radius 3 is 2.81 bits per heavy atom. The summed E-state index contributed by atoms with van der Waals surface area (Å²) in [5, 5.41) is 6.76. The lowest BCUT2D eigenvalue weighted by molar-refractivity contribution is 0.306. The summed E-state index contributed by atoms with van der Waals surface area (Å²) < 4.78 is 7.95. The summed E-state index contributed by atoms with van der Waals surface area (Å²) in [5.74, 6) is 0.860. The lowest BCUT2D eigenvalue weighted by Crippen LogP contribution is -2.02. The van der Waals surface area contributed by atoms with Crippen LogP contribution in [0.25, 0.3) is 15.9 Å². The number of benzene rings is 2. The van der Waals surface area contributed by atoms with Crippen LogP contribution in [-0.4, -0.2) is 9.78 Å². The minimum Gasteiger partial charge on any atom is -0.489 e. The summed E-state index contributed by atoms with van der Waals surface area (Å²) in [5.41, 5.74) is 4.47. The average Bonchev–Trinajstić information content (AvgIpc) is 2.97. The number of aromatic nitrogens is 2. The highest BCUT2D eigenvalue weighted by atomic mass is 35.5. The summed E-state index contributed by atoms with van der Waals surface area (Å²) in [6, 6.07) is 12.6. The molecule has 0 fully saturated rings. The van der Waals surface area contributed by atoms with Gasteiger partial charge >= 0.3 is 0 Å². The molecule has 1 aliphatic carbocycles. The first kappa shape index (κ1) is 17.4. The van der Waals surface area contributed by atoms with Crippen LogP contribution < -0.4 is 4.74 Å². The van der Waals surface area contributed by atoms with E-state index in [0.717, 1.165) is 45.7 Å². The normalized spacial score (nSPS) is 13.8. The third-order valence-corrected chi connectivity index (χ3v) is 5.33. The molecule has 1 aromatic heterocycles. The van der Waals surface area contributed by atoms with Gasteiger partial charge in [-0.25, -0.2) is 0 Å². The second-order valence-electron chi connectivity index (χ2n) is 6.88. The van der Waals surface area contributed by atoms with Crippen molar-refractivity contribution in [3.63, 3.8) is 0 Å². The molecule has 0 saturated heterocycles. The molecule has 0 bridgehead atoms. The quantitative estimate of drug-likeness (QED) is 0.520. The fraction of sp³-hybridized carbons (Fsp3) is 0.286. The number of aryl methyl sites for hydroxylation is 1. The second-order valence-corrected chi connectivity index (χ2v) is 7.64. The SMILES string of the molecule is CC(C)n1nc(Cl)c2cc(COc3ccc4c(c3)CCC=C4Cl)ccc21. The van der Waals surface area contributed by atoms with E-state index >= 15 is 0 Å². The van der Waals surface area contributed by atoms with E-state index < -0.39 is 0 Å². The highest BCUT2D eigenvalue weighted by Gasteiger charge is 2.13. The van der Waals surface area contributed by atoms with Gasteiger partial charge in [0.2, 0.25) is 0 Å². The fourth-order valence-corrected chi connectivity index (χ4v) is 3.89. The molecule has 0 amide bonds. The van der Waals surface area contributed by atoms with Crippen molar-refractivity contribution in [1.29, 1.82) is 0 Å². The van der Waals surface area contributed by atoms with Crippen LogP contribution in [0.15, 0.2) is 42.5 Å². The Bertz CT molecular complexity index is 1000. The van der Waals surface area contributed by atoms with E-state index in [0.29, 0.717) is 11.8 Å². The smallest absolute Gasteiger partial charge is 0.158 e. The largest absolute Gasteiger partial charge is 0.489 e. The standard InChI is InChI=1S/C21H20Cl2N2O/c1-13(2)25-20-9-6-14(10-18(20)21(23)24-25)12-26-16-7-8-17-15(11-16)4-3-5-19(17)22/h5-11,13H,3-4,12H2,1-2H3. The molecule has 2 aromatic carbocycles. The first-order valence-corrected chi connectivity index (χ1v) is 9.57. The maximum absolute atomic E-state index is 6.31. The molecule has 0 atom stereocenters. The van der Waals surface area contributed by atoms with E-state index in [4.69, 9.17) is 27.9 Å². The molecule has 0 radical (unpaired) electrons. The summed E-state index contributed by atoms with van der Waals surface area (Å²) >= 11 is 12.6.